The largest absolute Gasteiger partial charge is 0.457 e. The Hall–Kier alpha value is -3.00. The van der Waals surface area contributed by atoms with E-state index in [1.807, 2.05) is 41.8 Å². The Morgan fingerprint density at radius 3 is 2.81 bits per heavy atom. The van der Waals surface area contributed by atoms with E-state index < -0.39 is 0 Å². The summed E-state index contributed by atoms with van der Waals surface area (Å²) in [5, 5.41) is 5.07. The molecule has 0 spiro atoms. The summed E-state index contributed by atoms with van der Waals surface area (Å²) in [5.74, 6) is 0.356. The number of nitrogens with zero attached hydrogens (tertiary/aromatic N) is 3. The number of benzene rings is 1. The van der Waals surface area contributed by atoms with Gasteiger partial charge in [-0.2, -0.15) is 15.0 Å². The Morgan fingerprint density at radius 2 is 2.04 bits per heavy atom. The molecule has 2 aromatic heterocycles. The highest BCUT2D eigenvalue weighted by molar-refractivity contribution is 7.10. The maximum Gasteiger partial charge on any atom is 0.311 e. The Bertz CT molecular complexity index is 883. The van der Waals surface area contributed by atoms with Gasteiger partial charge in [-0.1, -0.05) is 31.2 Å². The fourth-order valence-electron chi connectivity index (χ4n) is 2.38. The lowest BCUT2D eigenvalue weighted by atomic mass is 10.1. The highest BCUT2D eigenvalue weighted by Gasteiger charge is 2.10. The standard InChI is InChI=1S/C18H19N5O2S/c1-2-12-6-3-4-8-14(12)20-18-22-15(21-17(19)23-18)11-25-16(24)10-13-7-5-9-26-13/h3-9H,2,10-11H2,1H3,(H3,19,20,21,22,23). The van der Waals surface area contributed by atoms with Crippen molar-refractivity contribution in [2.45, 2.75) is 26.4 Å². The van der Waals surface area contributed by atoms with Crippen molar-refractivity contribution in [2.75, 3.05) is 11.1 Å². The van der Waals surface area contributed by atoms with Crippen LogP contribution < -0.4 is 11.1 Å². The van der Waals surface area contributed by atoms with Crippen molar-refractivity contribution in [3.8, 4) is 0 Å². The number of nitrogen functional groups attached to an aromatic ring is 1. The number of para-hydroxylation sites is 1. The molecule has 2 heterocycles. The number of nitrogens with two attached hydrogens (primary N) is 1. The Morgan fingerprint density at radius 1 is 1.19 bits per heavy atom. The van der Waals surface area contributed by atoms with E-state index in [-0.39, 0.29) is 24.9 Å². The van der Waals surface area contributed by atoms with Crippen molar-refractivity contribution in [3.63, 3.8) is 0 Å². The molecular formula is C18H19N5O2S. The van der Waals surface area contributed by atoms with Gasteiger partial charge >= 0.3 is 5.97 Å². The fraction of sp³-hybridized carbons (Fsp3) is 0.222. The normalized spacial score (nSPS) is 10.5. The van der Waals surface area contributed by atoms with E-state index in [1.54, 1.807) is 0 Å². The third kappa shape index (κ3) is 4.76. The van der Waals surface area contributed by atoms with Crippen molar-refractivity contribution >= 4 is 34.9 Å². The number of ether oxygens (including phenoxy) is 1. The van der Waals surface area contributed by atoms with Crippen molar-refractivity contribution in [1.82, 2.24) is 15.0 Å². The van der Waals surface area contributed by atoms with E-state index in [9.17, 15) is 4.79 Å². The number of nitrogens with one attached hydrogen (secondary N) is 1. The molecule has 0 aliphatic carbocycles. The van der Waals surface area contributed by atoms with Crippen LogP contribution in [0.1, 0.15) is 23.2 Å². The molecule has 0 unspecified atom stereocenters. The van der Waals surface area contributed by atoms with Gasteiger partial charge in [0.15, 0.2) is 12.4 Å². The average molecular weight is 369 g/mol. The van der Waals surface area contributed by atoms with Crippen LogP contribution in [-0.4, -0.2) is 20.9 Å². The van der Waals surface area contributed by atoms with Crippen LogP contribution in [0, 0.1) is 0 Å². The van der Waals surface area contributed by atoms with Gasteiger partial charge in [0.2, 0.25) is 11.9 Å². The highest BCUT2D eigenvalue weighted by atomic mass is 32.1. The number of thiophene rings is 1. The molecule has 0 saturated heterocycles. The molecule has 26 heavy (non-hydrogen) atoms. The molecule has 3 N–H and O–H groups in total. The van der Waals surface area contributed by atoms with Crippen LogP contribution >= 0.6 is 11.3 Å². The van der Waals surface area contributed by atoms with Crippen LogP contribution in [0.4, 0.5) is 17.6 Å². The van der Waals surface area contributed by atoms with Gasteiger partial charge in [0.25, 0.3) is 0 Å². The third-order valence-corrected chi connectivity index (χ3v) is 4.48. The molecule has 8 heteroatoms. The molecule has 3 rings (SSSR count). The molecule has 0 aliphatic heterocycles. The van der Waals surface area contributed by atoms with Gasteiger partial charge in [-0.15, -0.1) is 11.3 Å². The molecule has 0 fully saturated rings. The molecule has 0 atom stereocenters. The molecular weight excluding hydrogens is 350 g/mol. The van der Waals surface area contributed by atoms with Crippen LogP contribution in [0.3, 0.4) is 0 Å². The first-order valence-corrected chi connectivity index (χ1v) is 9.05. The van der Waals surface area contributed by atoms with Gasteiger partial charge in [-0.05, 0) is 29.5 Å². The minimum Gasteiger partial charge on any atom is -0.457 e. The predicted octanol–water partition coefficient (Wildman–Crippen LogP) is 3.11. The van der Waals surface area contributed by atoms with Crippen LogP contribution in [-0.2, 0) is 29.0 Å². The Labute approximate surface area is 155 Å². The third-order valence-electron chi connectivity index (χ3n) is 3.60. The summed E-state index contributed by atoms with van der Waals surface area (Å²) in [6.07, 6.45) is 1.10. The molecule has 0 bridgehead atoms. The maximum absolute atomic E-state index is 11.9. The summed E-state index contributed by atoms with van der Waals surface area (Å²) in [5.41, 5.74) is 7.80. The summed E-state index contributed by atoms with van der Waals surface area (Å²) < 4.78 is 5.24. The lowest BCUT2D eigenvalue weighted by Crippen LogP contribution is -2.12. The van der Waals surface area contributed by atoms with Gasteiger partial charge in [-0.25, -0.2) is 0 Å². The fourth-order valence-corrected chi connectivity index (χ4v) is 3.07. The lowest BCUT2D eigenvalue weighted by Gasteiger charge is -2.10. The highest BCUT2D eigenvalue weighted by Crippen LogP contribution is 2.19. The predicted molar refractivity (Wildman–Crippen MR) is 101 cm³/mol. The Balaban J connectivity index is 1.66. The van der Waals surface area contributed by atoms with Gasteiger partial charge in [0.05, 0.1) is 6.42 Å². The first-order valence-electron chi connectivity index (χ1n) is 8.17. The number of carbonyl (C=O) groups excluding carboxylic acids is 1. The quantitative estimate of drug-likeness (QED) is 0.617. The maximum atomic E-state index is 11.9. The number of rotatable bonds is 7. The van der Waals surface area contributed by atoms with E-state index in [1.165, 1.54) is 11.3 Å². The van der Waals surface area contributed by atoms with Gasteiger partial charge in [0.1, 0.15) is 0 Å². The zero-order valence-electron chi connectivity index (χ0n) is 14.3. The van der Waals surface area contributed by atoms with E-state index in [4.69, 9.17) is 10.5 Å². The van der Waals surface area contributed by atoms with E-state index in [0.717, 1.165) is 22.5 Å². The second-order valence-electron chi connectivity index (χ2n) is 5.49. The van der Waals surface area contributed by atoms with Gasteiger partial charge in [0, 0.05) is 10.6 Å². The van der Waals surface area contributed by atoms with Gasteiger partial charge < -0.3 is 15.8 Å². The Kier molecular flexibility index (Phi) is 5.75. The number of aromatic nitrogens is 3. The van der Waals surface area contributed by atoms with Crippen LogP contribution in [0.2, 0.25) is 0 Å². The van der Waals surface area contributed by atoms with Crippen LogP contribution in [0.15, 0.2) is 41.8 Å². The number of hydrogen-bond donors (Lipinski definition) is 2. The number of esters is 1. The average Bonchev–Trinajstić information content (AvgIpc) is 3.13. The van der Waals surface area contributed by atoms with Crippen molar-refractivity contribution in [1.29, 1.82) is 0 Å². The molecule has 0 amide bonds. The van der Waals surface area contributed by atoms with Crippen LogP contribution in [0.25, 0.3) is 0 Å². The molecule has 3 aromatic rings. The number of anilines is 3. The number of aryl methyl sites for hydroxylation is 1. The first-order chi connectivity index (χ1) is 12.6. The molecule has 0 saturated carbocycles. The monoisotopic (exact) mass is 369 g/mol. The molecule has 134 valence electrons. The number of hydrogen-bond acceptors (Lipinski definition) is 8. The molecule has 0 aliphatic rings. The zero-order chi connectivity index (χ0) is 18.4. The molecule has 1 aromatic carbocycles. The first kappa shape index (κ1) is 17.8. The zero-order valence-corrected chi connectivity index (χ0v) is 15.1. The minimum absolute atomic E-state index is 0.0545. The summed E-state index contributed by atoms with van der Waals surface area (Å²) in [7, 11) is 0. The van der Waals surface area contributed by atoms with E-state index in [2.05, 4.69) is 27.2 Å². The SMILES string of the molecule is CCc1ccccc1Nc1nc(N)nc(COC(=O)Cc2cccs2)n1. The molecule has 7 nitrogen and oxygen atoms in total. The minimum atomic E-state index is -0.336. The van der Waals surface area contributed by atoms with Crippen LogP contribution in [0.5, 0.6) is 0 Å². The summed E-state index contributed by atoms with van der Waals surface area (Å²) in [4.78, 5) is 25.3. The van der Waals surface area contributed by atoms with E-state index >= 15 is 0 Å². The second-order valence-corrected chi connectivity index (χ2v) is 6.52. The smallest absolute Gasteiger partial charge is 0.311 e. The summed E-state index contributed by atoms with van der Waals surface area (Å²) >= 11 is 1.51. The summed E-state index contributed by atoms with van der Waals surface area (Å²) in [6, 6.07) is 11.7. The molecule has 0 radical (unpaired) electrons. The topological polar surface area (TPSA) is 103 Å². The van der Waals surface area contributed by atoms with Gasteiger partial charge in [-0.3, -0.25) is 4.79 Å². The van der Waals surface area contributed by atoms with Crippen molar-refractivity contribution < 1.29 is 9.53 Å². The van der Waals surface area contributed by atoms with E-state index in [0.29, 0.717) is 11.8 Å². The summed E-state index contributed by atoms with van der Waals surface area (Å²) in [6.45, 7) is 2.02. The van der Waals surface area contributed by atoms with Crippen molar-refractivity contribution in [3.05, 3.63) is 58.0 Å². The lowest BCUT2D eigenvalue weighted by molar-refractivity contribution is -0.144. The second kappa shape index (κ2) is 8.39. The number of carbonyl (C=O) groups is 1. The van der Waals surface area contributed by atoms with Crippen molar-refractivity contribution in [2.24, 2.45) is 0 Å².